The fraction of sp³-hybridized carbons (Fsp3) is 0.238. The quantitative estimate of drug-likeness (QED) is 0.539. The van der Waals surface area contributed by atoms with E-state index < -0.39 is 0 Å². The van der Waals surface area contributed by atoms with Gasteiger partial charge in [0.05, 0.1) is 10.6 Å². The molecule has 4 rings (SSSR count). The summed E-state index contributed by atoms with van der Waals surface area (Å²) in [6, 6.07) is 16.7. The first-order valence-corrected chi connectivity index (χ1v) is 9.51. The SMILES string of the molecule is Cc1nn(C)c2sc(C(=O)N(C)CCc3cccc4ccccc34)cc12. The number of carbonyl (C=O) groups is 1. The number of hydrogen-bond acceptors (Lipinski definition) is 3. The smallest absolute Gasteiger partial charge is 0.263 e. The van der Waals surface area contributed by atoms with Crippen LogP contribution in [0, 0.1) is 6.92 Å². The van der Waals surface area contributed by atoms with Crippen LogP contribution in [0.15, 0.2) is 48.5 Å². The lowest BCUT2D eigenvalue weighted by Crippen LogP contribution is -2.28. The Morgan fingerprint density at radius 2 is 1.92 bits per heavy atom. The van der Waals surface area contributed by atoms with Crippen LogP contribution in [0.4, 0.5) is 0 Å². The van der Waals surface area contributed by atoms with E-state index >= 15 is 0 Å². The highest BCUT2D eigenvalue weighted by Crippen LogP contribution is 2.28. The summed E-state index contributed by atoms with van der Waals surface area (Å²) < 4.78 is 1.85. The van der Waals surface area contributed by atoms with Gasteiger partial charge < -0.3 is 4.90 Å². The van der Waals surface area contributed by atoms with Gasteiger partial charge in [0.1, 0.15) is 4.83 Å². The number of thiophene rings is 1. The first kappa shape index (κ1) is 16.8. The first-order chi connectivity index (χ1) is 12.5. The van der Waals surface area contributed by atoms with E-state index in [2.05, 4.69) is 47.6 Å². The molecule has 5 heteroatoms. The van der Waals surface area contributed by atoms with Crippen molar-refractivity contribution in [2.45, 2.75) is 13.3 Å². The minimum atomic E-state index is 0.0748. The maximum atomic E-state index is 12.8. The Morgan fingerprint density at radius 3 is 2.73 bits per heavy atom. The number of fused-ring (bicyclic) bond motifs is 2. The van der Waals surface area contributed by atoms with Gasteiger partial charge in [-0.05, 0) is 35.7 Å². The van der Waals surface area contributed by atoms with Crippen LogP contribution in [0.1, 0.15) is 20.9 Å². The summed E-state index contributed by atoms with van der Waals surface area (Å²) in [4.78, 5) is 16.5. The third-order valence-electron chi connectivity index (χ3n) is 4.85. The number of aromatic nitrogens is 2. The zero-order chi connectivity index (χ0) is 18.3. The molecule has 0 saturated heterocycles. The third kappa shape index (κ3) is 2.88. The van der Waals surface area contributed by atoms with Crippen molar-refractivity contribution in [3.63, 3.8) is 0 Å². The van der Waals surface area contributed by atoms with E-state index in [0.29, 0.717) is 6.54 Å². The summed E-state index contributed by atoms with van der Waals surface area (Å²) in [5.74, 6) is 0.0748. The molecule has 1 amide bonds. The molecule has 0 saturated carbocycles. The largest absolute Gasteiger partial charge is 0.341 e. The van der Waals surface area contributed by atoms with E-state index in [9.17, 15) is 4.79 Å². The third-order valence-corrected chi connectivity index (χ3v) is 6.04. The van der Waals surface area contributed by atoms with Gasteiger partial charge in [0.2, 0.25) is 0 Å². The normalized spacial score (nSPS) is 11.3. The molecule has 0 N–H and O–H groups in total. The molecule has 0 bridgehead atoms. The van der Waals surface area contributed by atoms with Crippen LogP contribution < -0.4 is 0 Å². The summed E-state index contributed by atoms with van der Waals surface area (Å²) in [5.41, 5.74) is 2.25. The summed E-state index contributed by atoms with van der Waals surface area (Å²) in [5, 5.41) is 7.98. The molecule has 0 unspecified atom stereocenters. The van der Waals surface area contributed by atoms with E-state index in [1.807, 2.05) is 36.7 Å². The average molecular weight is 363 g/mol. The standard InChI is InChI=1S/C21H21N3OS/c1-14-18-13-19(26-21(18)24(3)22-14)20(25)23(2)12-11-16-9-6-8-15-7-4-5-10-17(15)16/h4-10,13H,11-12H2,1-3H3. The Balaban J connectivity index is 1.52. The van der Waals surface area contributed by atoms with Gasteiger partial charge in [0.15, 0.2) is 0 Å². The van der Waals surface area contributed by atoms with Crippen LogP contribution in [0.5, 0.6) is 0 Å². The fourth-order valence-electron chi connectivity index (χ4n) is 3.40. The van der Waals surface area contributed by atoms with Gasteiger partial charge in [-0.1, -0.05) is 42.5 Å². The molecule has 2 aromatic heterocycles. The van der Waals surface area contributed by atoms with Crippen LogP contribution in [-0.4, -0.2) is 34.2 Å². The molecule has 2 heterocycles. The van der Waals surface area contributed by atoms with Crippen molar-refractivity contribution in [1.29, 1.82) is 0 Å². The maximum absolute atomic E-state index is 12.8. The zero-order valence-electron chi connectivity index (χ0n) is 15.2. The molecule has 0 aliphatic carbocycles. The molecule has 4 nitrogen and oxygen atoms in total. The van der Waals surface area contributed by atoms with E-state index in [4.69, 9.17) is 0 Å². The van der Waals surface area contributed by atoms with Crippen molar-refractivity contribution in [1.82, 2.24) is 14.7 Å². The van der Waals surface area contributed by atoms with Gasteiger partial charge >= 0.3 is 0 Å². The highest BCUT2D eigenvalue weighted by molar-refractivity contribution is 7.20. The number of aryl methyl sites for hydroxylation is 2. The average Bonchev–Trinajstić information content (AvgIpc) is 3.20. The molecular formula is C21H21N3OS. The maximum Gasteiger partial charge on any atom is 0.263 e. The second kappa shape index (κ2) is 6.57. The molecule has 0 spiro atoms. The van der Waals surface area contributed by atoms with Crippen LogP contribution in [-0.2, 0) is 13.5 Å². The van der Waals surface area contributed by atoms with Gasteiger partial charge in [0.25, 0.3) is 5.91 Å². The summed E-state index contributed by atoms with van der Waals surface area (Å²) in [6.07, 6.45) is 0.842. The first-order valence-electron chi connectivity index (χ1n) is 8.70. The van der Waals surface area contributed by atoms with Gasteiger partial charge in [-0.25, -0.2) is 0 Å². The van der Waals surface area contributed by atoms with Crippen LogP contribution in [0.2, 0.25) is 0 Å². The number of rotatable bonds is 4. The number of benzene rings is 2. The molecule has 4 aromatic rings. The molecule has 0 atom stereocenters. The van der Waals surface area contributed by atoms with Crippen molar-refractivity contribution in [2.24, 2.45) is 7.05 Å². The molecule has 2 aromatic carbocycles. The fourth-order valence-corrected chi connectivity index (χ4v) is 4.52. The predicted molar refractivity (Wildman–Crippen MR) is 108 cm³/mol. The number of carbonyl (C=O) groups excluding carboxylic acids is 1. The van der Waals surface area contributed by atoms with E-state index in [-0.39, 0.29) is 5.91 Å². The molecule has 132 valence electrons. The second-order valence-corrected chi connectivity index (χ2v) is 7.68. The Morgan fingerprint density at radius 1 is 1.15 bits per heavy atom. The molecular weight excluding hydrogens is 342 g/mol. The molecule has 0 aliphatic rings. The minimum Gasteiger partial charge on any atom is -0.341 e. The predicted octanol–water partition coefficient (Wildman–Crippen LogP) is 4.41. The van der Waals surface area contributed by atoms with Crippen molar-refractivity contribution in [3.8, 4) is 0 Å². The van der Waals surface area contributed by atoms with E-state index in [0.717, 1.165) is 27.2 Å². The van der Waals surface area contributed by atoms with Gasteiger partial charge in [-0.3, -0.25) is 9.48 Å². The Hall–Kier alpha value is -2.66. The summed E-state index contributed by atoms with van der Waals surface area (Å²) >= 11 is 1.51. The number of likely N-dealkylation sites (N-methyl/N-ethyl adjacent to an activating group) is 1. The summed E-state index contributed by atoms with van der Waals surface area (Å²) in [7, 11) is 3.80. The Bertz CT molecular complexity index is 1070. The lowest BCUT2D eigenvalue weighted by molar-refractivity contribution is 0.0801. The molecule has 0 fully saturated rings. The van der Waals surface area contributed by atoms with Crippen molar-refractivity contribution in [3.05, 3.63) is 64.7 Å². The highest BCUT2D eigenvalue weighted by Gasteiger charge is 2.18. The van der Waals surface area contributed by atoms with Crippen molar-refractivity contribution in [2.75, 3.05) is 13.6 Å². The summed E-state index contributed by atoms with van der Waals surface area (Å²) in [6.45, 7) is 2.67. The Labute approximate surface area is 156 Å². The van der Waals surface area contributed by atoms with Crippen LogP contribution in [0.3, 0.4) is 0 Å². The lowest BCUT2D eigenvalue weighted by atomic mass is 10.0. The minimum absolute atomic E-state index is 0.0748. The molecule has 0 aliphatic heterocycles. The van der Waals surface area contributed by atoms with Crippen LogP contribution in [0.25, 0.3) is 21.0 Å². The Kier molecular flexibility index (Phi) is 4.24. The van der Waals surface area contributed by atoms with Crippen molar-refractivity contribution >= 4 is 38.2 Å². The molecule has 26 heavy (non-hydrogen) atoms. The highest BCUT2D eigenvalue weighted by atomic mass is 32.1. The monoisotopic (exact) mass is 363 g/mol. The van der Waals surface area contributed by atoms with Crippen LogP contribution >= 0.6 is 11.3 Å². The number of nitrogens with zero attached hydrogens (tertiary/aromatic N) is 3. The van der Waals surface area contributed by atoms with E-state index in [1.54, 1.807) is 0 Å². The number of amides is 1. The lowest BCUT2D eigenvalue weighted by Gasteiger charge is -2.17. The topological polar surface area (TPSA) is 38.1 Å². The van der Waals surface area contributed by atoms with Gasteiger partial charge in [-0.2, -0.15) is 5.10 Å². The zero-order valence-corrected chi connectivity index (χ0v) is 16.0. The van der Waals surface area contributed by atoms with Crippen molar-refractivity contribution < 1.29 is 4.79 Å². The molecule has 0 radical (unpaired) electrons. The second-order valence-electron chi connectivity index (χ2n) is 6.65. The number of hydrogen-bond donors (Lipinski definition) is 0. The van der Waals surface area contributed by atoms with Gasteiger partial charge in [0, 0.05) is 26.0 Å². The van der Waals surface area contributed by atoms with Gasteiger partial charge in [-0.15, -0.1) is 11.3 Å². The van der Waals surface area contributed by atoms with E-state index in [1.165, 1.54) is 27.7 Å².